The van der Waals surface area contributed by atoms with Crippen molar-refractivity contribution in [3.05, 3.63) is 42.0 Å². The number of amides is 1. The predicted octanol–water partition coefficient (Wildman–Crippen LogP) is 1.58. The van der Waals surface area contributed by atoms with Crippen LogP contribution in [0.3, 0.4) is 0 Å². The monoisotopic (exact) mass is 355 g/mol. The molecular formula is C18H21N5O3. The van der Waals surface area contributed by atoms with Crippen LogP contribution in [0.25, 0.3) is 0 Å². The average Bonchev–Trinajstić information content (AvgIpc) is 3.35. The molecule has 1 saturated heterocycles. The molecule has 0 aromatic carbocycles. The number of aryl methyl sites for hydroxylation is 1. The molecule has 3 heterocycles. The van der Waals surface area contributed by atoms with Gasteiger partial charge in [-0.3, -0.25) is 4.79 Å². The van der Waals surface area contributed by atoms with Crippen LogP contribution in [-0.4, -0.2) is 54.5 Å². The third-order valence-electron chi connectivity index (χ3n) is 5.45. The van der Waals surface area contributed by atoms with Gasteiger partial charge in [0.05, 0.1) is 17.6 Å². The van der Waals surface area contributed by atoms with Gasteiger partial charge in [-0.25, -0.2) is 19.7 Å². The topological polar surface area (TPSA) is 101 Å². The van der Waals surface area contributed by atoms with Gasteiger partial charge in [-0.2, -0.15) is 0 Å². The van der Waals surface area contributed by atoms with Gasteiger partial charge in [0.1, 0.15) is 11.4 Å². The van der Waals surface area contributed by atoms with E-state index in [1.807, 2.05) is 6.92 Å². The molecule has 0 atom stereocenters. The van der Waals surface area contributed by atoms with Crippen molar-refractivity contribution in [2.75, 3.05) is 13.1 Å². The molecule has 8 nitrogen and oxygen atoms in total. The van der Waals surface area contributed by atoms with Gasteiger partial charge in [0.25, 0.3) is 5.91 Å². The van der Waals surface area contributed by atoms with Gasteiger partial charge in [0, 0.05) is 37.6 Å². The van der Waals surface area contributed by atoms with Crippen LogP contribution >= 0.6 is 0 Å². The summed E-state index contributed by atoms with van der Waals surface area (Å²) < 4.78 is 1.63. The molecule has 1 aliphatic carbocycles. The fourth-order valence-electron chi connectivity index (χ4n) is 3.58. The van der Waals surface area contributed by atoms with Crippen LogP contribution in [0, 0.1) is 6.92 Å². The van der Waals surface area contributed by atoms with Crippen molar-refractivity contribution in [2.24, 2.45) is 0 Å². The van der Waals surface area contributed by atoms with E-state index in [1.165, 1.54) is 6.33 Å². The minimum Gasteiger partial charge on any atom is -0.479 e. The van der Waals surface area contributed by atoms with Crippen LogP contribution in [0.1, 0.15) is 53.5 Å². The molecule has 0 spiro atoms. The summed E-state index contributed by atoms with van der Waals surface area (Å²) in [7, 11) is 0. The maximum Gasteiger partial charge on any atom is 0.330 e. The molecule has 1 amide bonds. The van der Waals surface area contributed by atoms with Crippen molar-refractivity contribution in [2.45, 2.75) is 44.1 Å². The Balaban J connectivity index is 1.50. The molecule has 1 aliphatic heterocycles. The third-order valence-corrected chi connectivity index (χ3v) is 5.45. The number of carboxylic acid groups (broad SMARTS) is 1. The minimum atomic E-state index is -1.05. The number of piperidine rings is 1. The van der Waals surface area contributed by atoms with E-state index in [4.69, 9.17) is 0 Å². The highest BCUT2D eigenvalue weighted by Crippen LogP contribution is 2.38. The van der Waals surface area contributed by atoms with E-state index in [-0.39, 0.29) is 5.91 Å². The van der Waals surface area contributed by atoms with Crippen LogP contribution in [-0.2, 0) is 10.3 Å². The second kappa shape index (κ2) is 6.19. The van der Waals surface area contributed by atoms with Crippen molar-refractivity contribution < 1.29 is 14.7 Å². The molecule has 26 heavy (non-hydrogen) atoms. The number of aliphatic carboxylic acids is 1. The van der Waals surface area contributed by atoms with E-state index < -0.39 is 11.5 Å². The van der Waals surface area contributed by atoms with Crippen LogP contribution in [0.15, 0.2) is 24.9 Å². The van der Waals surface area contributed by atoms with E-state index in [0.717, 1.165) is 18.7 Å². The summed E-state index contributed by atoms with van der Waals surface area (Å²) in [6.07, 6.45) is 9.29. The van der Waals surface area contributed by atoms with Gasteiger partial charge in [-0.1, -0.05) is 0 Å². The van der Waals surface area contributed by atoms with Crippen molar-refractivity contribution in [1.82, 2.24) is 24.4 Å². The summed E-state index contributed by atoms with van der Waals surface area (Å²) >= 11 is 0. The Bertz CT molecular complexity index is 837. The van der Waals surface area contributed by atoms with Crippen LogP contribution in [0.4, 0.5) is 0 Å². The normalized spacial score (nSPS) is 19.3. The lowest BCUT2D eigenvalue weighted by atomic mass is 9.87. The number of rotatable bonds is 4. The number of carbonyl (C=O) groups is 2. The highest BCUT2D eigenvalue weighted by molar-refractivity contribution is 5.95. The van der Waals surface area contributed by atoms with E-state index >= 15 is 0 Å². The standard InChI is InChI=1S/C18H21N5O3/c1-12-14(10-20-15(21-12)13-2-3-13)16(24)22-7-4-18(5-8-22,17(25)26)23-9-6-19-11-23/h6,9-11,13H,2-5,7-8H2,1H3,(H,25,26). The van der Waals surface area contributed by atoms with E-state index in [1.54, 1.807) is 28.1 Å². The summed E-state index contributed by atoms with van der Waals surface area (Å²) in [6, 6.07) is 0. The fraction of sp³-hybridized carbons (Fsp3) is 0.500. The smallest absolute Gasteiger partial charge is 0.330 e. The van der Waals surface area contributed by atoms with E-state index in [0.29, 0.717) is 43.1 Å². The molecule has 0 radical (unpaired) electrons. The van der Waals surface area contributed by atoms with Gasteiger partial charge >= 0.3 is 5.97 Å². The van der Waals surface area contributed by atoms with Gasteiger partial charge in [-0.05, 0) is 32.6 Å². The number of imidazole rings is 1. The number of likely N-dealkylation sites (tertiary alicyclic amines) is 1. The highest BCUT2D eigenvalue weighted by atomic mass is 16.4. The van der Waals surface area contributed by atoms with Gasteiger partial charge in [0.15, 0.2) is 0 Å². The van der Waals surface area contributed by atoms with Gasteiger partial charge < -0.3 is 14.6 Å². The summed E-state index contributed by atoms with van der Waals surface area (Å²) in [5.41, 5.74) is 0.144. The first-order chi connectivity index (χ1) is 12.5. The lowest BCUT2D eigenvalue weighted by Crippen LogP contribution is -2.52. The maximum atomic E-state index is 12.9. The summed E-state index contributed by atoms with van der Waals surface area (Å²) in [5, 5.41) is 9.76. The zero-order chi connectivity index (χ0) is 18.3. The number of hydrogen-bond acceptors (Lipinski definition) is 5. The molecule has 4 rings (SSSR count). The number of aromatic nitrogens is 4. The Hall–Kier alpha value is -2.77. The molecule has 0 unspecified atom stereocenters. The summed E-state index contributed by atoms with van der Waals surface area (Å²) in [5.74, 6) is 0.243. The highest BCUT2D eigenvalue weighted by Gasteiger charge is 2.44. The lowest BCUT2D eigenvalue weighted by molar-refractivity contribution is -0.150. The largest absolute Gasteiger partial charge is 0.479 e. The zero-order valence-corrected chi connectivity index (χ0v) is 14.6. The number of hydrogen-bond donors (Lipinski definition) is 1. The predicted molar refractivity (Wildman–Crippen MR) is 91.7 cm³/mol. The average molecular weight is 355 g/mol. The molecule has 2 aliphatic rings. The molecule has 136 valence electrons. The van der Waals surface area contributed by atoms with Crippen molar-refractivity contribution in [1.29, 1.82) is 0 Å². The Morgan fingerprint density at radius 2 is 2.00 bits per heavy atom. The summed E-state index contributed by atoms with van der Waals surface area (Å²) in [4.78, 5) is 39.3. The molecule has 2 aromatic heterocycles. The Morgan fingerprint density at radius 3 is 2.54 bits per heavy atom. The van der Waals surface area contributed by atoms with Gasteiger partial charge in [0.2, 0.25) is 0 Å². The number of nitrogens with zero attached hydrogens (tertiary/aromatic N) is 5. The number of carbonyl (C=O) groups excluding carboxylic acids is 1. The molecular weight excluding hydrogens is 334 g/mol. The van der Waals surface area contributed by atoms with Crippen molar-refractivity contribution in [3.63, 3.8) is 0 Å². The molecule has 0 bridgehead atoms. The van der Waals surface area contributed by atoms with E-state index in [9.17, 15) is 14.7 Å². The SMILES string of the molecule is Cc1nc(C2CC2)ncc1C(=O)N1CCC(C(=O)O)(n2ccnc2)CC1. The summed E-state index contributed by atoms with van der Waals surface area (Å²) in [6.45, 7) is 2.57. The molecule has 1 saturated carbocycles. The Kier molecular flexibility index (Phi) is 3.97. The third kappa shape index (κ3) is 2.75. The van der Waals surface area contributed by atoms with Crippen LogP contribution in [0.2, 0.25) is 0 Å². The second-order valence-electron chi connectivity index (χ2n) is 7.10. The number of carboxylic acids is 1. The first-order valence-electron chi connectivity index (χ1n) is 8.86. The second-order valence-corrected chi connectivity index (χ2v) is 7.10. The molecule has 1 N–H and O–H groups in total. The quantitative estimate of drug-likeness (QED) is 0.893. The Labute approximate surface area is 150 Å². The van der Waals surface area contributed by atoms with Crippen LogP contribution < -0.4 is 0 Å². The van der Waals surface area contributed by atoms with Crippen LogP contribution in [0.5, 0.6) is 0 Å². The zero-order valence-electron chi connectivity index (χ0n) is 14.6. The minimum absolute atomic E-state index is 0.130. The fourth-order valence-corrected chi connectivity index (χ4v) is 3.58. The first kappa shape index (κ1) is 16.7. The lowest BCUT2D eigenvalue weighted by Gasteiger charge is -2.39. The van der Waals surface area contributed by atoms with Gasteiger partial charge in [-0.15, -0.1) is 0 Å². The maximum absolute atomic E-state index is 12.9. The molecule has 2 fully saturated rings. The first-order valence-corrected chi connectivity index (χ1v) is 8.86. The Morgan fingerprint density at radius 1 is 1.27 bits per heavy atom. The van der Waals surface area contributed by atoms with E-state index in [2.05, 4.69) is 15.0 Å². The van der Waals surface area contributed by atoms with Crippen molar-refractivity contribution in [3.8, 4) is 0 Å². The molecule has 8 heteroatoms. The van der Waals surface area contributed by atoms with Crippen molar-refractivity contribution >= 4 is 11.9 Å². The molecule has 2 aromatic rings.